The molecule has 4 nitrogen and oxygen atoms in total. The number of hydrogen-bond acceptors (Lipinski definition) is 4. The van der Waals surface area contributed by atoms with Crippen molar-refractivity contribution in [2.75, 3.05) is 6.61 Å². The molecule has 0 spiro atoms. The van der Waals surface area contributed by atoms with E-state index in [1.807, 2.05) is 30.3 Å². The fraction of sp³-hybridized carbons (Fsp3) is 0.318. The fourth-order valence-corrected chi connectivity index (χ4v) is 3.60. The molecule has 0 unspecified atom stereocenters. The zero-order valence-corrected chi connectivity index (χ0v) is 17.2. The summed E-state index contributed by atoms with van der Waals surface area (Å²) in [5, 5.41) is 1.06. The summed E-state index contributed by atoms with van der Waals surface area (Å²) in [4.78, 5) is 11.8. The van der Waals surface area contributed by atoms with Gasteiger partial charge in [0.2, 0.25) is 0 Å². The predicted molar refractivity (Wildman–Crippen MR) is 109 cm³/mol. The van der Waals surface area contributed by atoms with E-state index in [1.54, 1.807) is 6.92 Å². The predicted octanol–water partition coefficient (Wildman–Crippen LogP) is 5.83. The molecule has 0 amide bonds. The van der Waals surface area contributed by atoms with Gasteiger partial charge in [-0.3, -0.25) is 4.79 Å². The van der Waals surface area contributed by atoms with Gasteiger partial charge in [0.05, 0.1) is 17.5 Å². The highest BCUT2D eigenvalue weighted by Gasteiger charge is 2.12. The molecule has 1 heterocycles. The molecule has 1 aromatic heterocycles. The minimum Gasteiger partial charge on any atom is -0.489 e. The molecule has 0 fully saturated rings. The summed E-state index contributed by atoms with van der Waals surface area (Å²) in [6.45, 7) is 4.72. The van der Waals surface area contributed by atoms with Gasteiger partial charge >= 0.3 is 5.97 Å². The van der Waals surface area contributed by atoms with Crippen LogP contribution in [0.2, 0.25) is 0 Å². The number of carbonyl (C=O) groups is 1. The van der Waals surface area contributed by atoms with Gasteiger partial charge in [-0.1, -0.05) is 25.1 Å². The molecule has 0 aliphatic rings. The average molecular weight is 431 g/mol. The van der Waals surface area contributed by atoms with Crippen molar-refractivity contribution < 1.29 is 18.7 Å². The maximum Gasteiger partial charge on any atom is 0.310 e. The molecule has 0 radical (unpaired) electrons. The van der Waals surface area contributed by atoms with Crippen molar-refractivity contribution in [1.29, 1.82) is 0 Å². The second-order valence-electron chi connectivity index (χ2n) is 6.34. The number of para-hydroxylation sites is 1. The van der Waals surface area contributed by atoms with E-state index >= 15 is 0 Å². The first kappa shape index (κ1) is 19.5. The molecule has 3 aromatic rings. The number of furan rings is 1. The number of carbonyl (C=O) groups excluding carboxylic acids is 1. The van der Waals surface area contributed by atoms with Crippen LogP contribution >= 0.6 is 15.9 Å². The van der Waals surface area contributed by atoms with Crippen LogP contribution in [-0.2, 0) is 29.0 Å². The van der Waals surface area contributed by atoms with Crippen molar-refractivity contribution >= 4 is 32.9 Å². The molecule has 3 rings (SSSR count). The summed E-state index contributed by atoms with van der Waals surface area (Å²) in [6.07, 6.45) is 2.17. The minimum atomic E-state index is -0.250. The van der Waals surface area contributed by atoms with E-state index in [0.717, 1.165) is 45.2 Å². The molecular formula is C22H23BrO4. The standard InChI is InChI=1S/C22H23BrO4/c1-3-7-18-12-17-10-15(11-19(23)22(17)27-18)14-26-20-9-6-5-8-16(20)13-21(24)25-4-2/h5-6,8-12H,3-4,7,13-14H2,1-2H3. The Morgan fingerprint density at radius 3 is 2.74 bits per heavy atom. The average Bonchev–Trinajstić information content (AvgIpc) is 3.05. The fourth-order valence-electron chi connectivity index (χ4n) is 2.99. The summed E-state index contributed by atoms with van der Waals surface area (Å²) >= 11 is 3.59. The third-order valence-electron chi connectivity index (χ3n) is 4.19. The Hall–Kier alpha value is -2.27. The van der Waals surface area contributed by atoms with E-state index in [9.17, 15) is 4.79 Å². The van der Waals surface area contributed by atoms with Gasteiger partial charge in [0.15, 0.2) is 0 Å². The highest BCUT2D eigenvalue weighted by molar-refractivity contribution is 9.10. The Balaban J connectivity index is 1.76. The Morgan fingerprint density at radius 1 is 1.15 bits per heavy atom. The third kappa shape index (κ3) is 4.92. The maximum absolute atomic E-state index is 11.8. The van der Waals surface area contributed by atoms with Crippen LogP contribution in [0.3, 0.4) is 0 Å². The summed E-state index contributed by atoms with van der Waals surface area (Å²) in [5.74, 6) is 1.44. The molecule has 5 heteroatoms. The van der Waals surface area contributed by atoms with Crippen LogP contribution in [0.25, 0.3) is 11.0 Å². The molecule has 0 atom stereocenters. The van der Waals surface area contributed by atoms with E-state index in [1.165, 1.54) is 0 Å². The van der Waals surface area contributed by atoms with Gasteiger partial charge in [-0.25, -0.2) is 0 Å². The topological polar surface area (TPSA) is 48.7 Å². The lowest BCUT2D eigenvalue weighted by Gasteiger charge is -2.11. The number of ether oxygens (including phenoxy) is 2. The lowest BCUT2D eigenvalue weighted by molar-refractivity contribution is -0.142. The molecule has 0 aliphatic heterocycles. The van der Waals surface area contributed by atoms with Crippen molar-refractivity contribution in [2.45, 2.75) is 39.7 Å². The summed E-state index contributed by atoms with van der Waals surface area (Å²) < 4.78 is 17.9. The van der Waals surface area contributed by atoms with Crippen molar-refractivity contribution in [1.82, 2.24) is 0 Å². The minimum absolute atomic E-state index is 0.203. The van der Waals surface area contributed by atoms with Crippen molar-refractivity contribution in [2.24, 2.45) is 0 Å². The summed E-state index contributed by atoms with van der Waals surface area (Å²) in [7, 11) is 0. The summed E-state index contributed by atoms with van der Waals surface area (Å²) in [6, 6.07) is 13.7. The quantitative estimate of drug-likeness (QED) is 0.421. The molecular weight excluding hydrogens is 408 g/mol. The second kappa shape index (κ2) is 9.09. The van der Waals surface area contributed by atoms with Crippen LogP contribution in [-0.4, -0.2) is 12.6 Å². The van der Waals surface area contributed by atoms with Gasteiger partial charge in [-0.15, -0.1) is 0 Å². The molecule has 0 aliphatic carbocycles. The van der Waals surface area contributed by atoms with Crippen LogP contribution in [0.5, 0.6) is 5.75 Å². The molecule has 142 valence electrons. The zero-order chi connectivity index (χ0) is 19.2. The van der Waals surface area contributed by atoms with E-state index in [-0.39, 0.29) is 12.4 Å². The smallest absolute Gasteiger partial charge is 0.310 e. The molecule has 0 saturated heterocycles. The molecule has 0 bridgehead atoms. The van der Waals surface area contributed by atoms with Gasteiger partial charge < -0.3 is 13.9 Å². The van der Waals surface area contributed by atoms with Crippen LogP contribution in [0.1, 0.15) is 37.2 Å². The number of hydrogen-bond donors (Lipinski definition) is 0. The first-order chi connectivity index (χ1) is 13.1. The lowest BCUT2D eigenvalue weighted by atomic mass is 10.1. The van der Waals surface area contributed by atoms with Crippen LogP contribution in [0, 0.1) is 0 Å². The Labute approximate surface area is 167 Å². The number of rotatable bonds is 8. The molecule has 27 heavy (non-hydrogen) atoms. The summed E-state index contributed by atoms with van der Waals surface area (Å²) in [5.41, 5.74) is 2.72. The highest BCUT2D eigenvalue weighted by atomic mass is 79.9. The molecule has 2 aromatic carbocycles. The maximum atomic E-state index is 11.8. The zero-order valence-electron chi connectivity index (χ0n) is 15.6. The number of aryl methyl sites for hydroxylation is 1. The number of halogens is 1. The van der Waals surface area contributed by atoms with Crippen molar-refractivity contribution in [3.05, 3.63) is 63.8 Å². The normalized spacial score (nSPS) is 10.9. The van der Waals surface area contributed by atoms with E-state index < -0.39 is 0 Å². The number of fused-ring (bicyclic) bond motifs is 1. The van der Waals surface area contributed by atoms with Gasteiger partial charge in [-0.05, 0) is 59.1 Å². The Morgan fingerprint density at radius 2 is 1.96 bits per heavy atom. The number of esters is 1. The molecule has 0 N–H and O–H groups in total. The molecule has 0 saturated carbocycles. The van der Waals surface area contributed by atoms with Crippen molar-refractivity contribution in [3.63, 3.8) is 0 Å². The van der Waals surface area contributed by atoms with Gasteiger partial charge in [-0.2, -0.15) is 0 Å². The van der Waals surface area contributed by atoms with Crippen molar-refractivity contribution in [3.8, 4) is 5.75 Å². The first-order valence-corrected chi connectivity index (χ1v) is 9.97. The van der Waals surface area contributed by atoms with E-state index in [4.69, 9.17) is 13.9 Å². The Kier molecular flexibility index (Phi) is 6.56. The van der Waals surface area contributed by atoms with Crippen LogP contribution in [0.15, 0.2) is 51.4 Å². The van der Waals surface area contributed by atoms with Gasteiger partial charge in [0.1, 0.15) is 23.7 Å². The number of benzene rings is 2. The first-order valence-electron chi connectivity index (χ1n) is 9.17. The highest BCUT2D eigenvalue weighted by Crippen LogP contribution is 2.30. The lowest BCUT2D eigenvalue weighted by Crippen LogP contribution is -2.09. The Bertz CT molecular complexity index is 929. The van der Waals surface area contributed by atoms with Crippen LogP contribution in [0.4, 0.5) is 0 Å². The SMILES string of the molecule is CCCc1cc2cc(COc3ccccc3CC(=O)OCC)cc(Br)c2o1. The van der Waals surface area contributed by atoms with E-state index in [0.29, 0.717) is 19.0 Å². The van der Waals surface area contributed by atoms with E-state index in [2.05, 4.69) is 35.0 Å². The van der Waals surface area contributed by atoms with Crippen LogP contribution < -0.4 is 4.74 Å². The second-order valence-corrected chi connectivity index (χ2v) is 7.19. The largest absolute Gasteiger partial charge is 0.489 e. The monoisotopic (exact) mass is 430 g/mol. The van der Waals surface area contributed by atoms with Gasteiger partial charge in [0, 0.05) is 17.4 Å². The van der Waals surface area contributed by atoms with Gasteiger partial charge in [0.25, 0.3) is 0 Å². The third-order valence-corrected chi connectivity index (χ3v) is 4.77.